The summed E-state index contributed by atoms with van der Waals surface area (Å²) in [6.45, 7) is 3.63. The van der Waals surface area contributed by atoms with Gasteiger partial charge in [-0.2, -0.15) is 0 Å². The van der Waals surface area contributed by atoms with Crippen molar-refractivity contribution in [3.05, 3.63) is 66.2 Å². The summed E-state index contributed by atoms with van der Waals surface area (Å²) in [6, 6.07) is 13.7. The first-order chi connectivity index (χ1) is 12.1. The van der Waals surface area contributed by atoms with Gasteiger partial charge in [-0.3, -0.25) is 10.1 Å². The fraction of sp³-hybridized carbons (Fsp3) is 0.111. The van der Waals surface area contributed by atoms with Gasteiger partial charge in [0.05, 0.1) is 12.2 Å². The molecule has 3 N–H and O–H groups in total. The second-order valence-corrected chi connectivity index (χ2v) is 5.39. The van der Waals surface area contributed by atoms with Crippen LogP contribution in [0.3, 0.4) is 0 Å². The van der Waals surface area contributed by atoms with Crippen molar-refractivity contribution in [1.29, 1.82) is 0 Å². The van der Waals surface area contributed by atoms with E-state index < -0.39 is 11.9 Å². The van der Waals surface area contributed by atoms with Gasteiger partial charge in [0.1, 0.15) is 5.75 Å². The molecule has 0 aliphatic heterocycles. The normalized spacial score (nSPS) is 9.80. The quantitative estimate of drug-likeness (QED) is 0.660. The van der Waals surface area contributed by atoms with Crippen LogP contribution in [0.2, 0.25) is 5.02 Å². The molecular weight excluding hydrogens is 342 g/mol. The maximum atomic E-state index is 11.8. The number of hydrogen-bond acceptors (Lipinski definition) is 4. The molecule has 0 aliphatic rings. The molecule has 0 saturated heterocycles. The van der Waals surface area contributed by atoms with Gasteiger partial charge in [-0.1, -0.05) is 35.9 Å². The molecule has 2 aromatic carbocycles. The smallest absolute Gasteiger partial charge is 0.321 e. The number of amides is 3. The van der Waals surface area contributed by atoms with Gasteiger partial charge < -0.3 is 15.4 Å². The summed E-state index contributed by atoms with van der Waals surface area (Å²) >= 11 is 6.01. The number of rotatable bonds is 7. The van der Waals surface area contributed by atoms with E-state index in [1.54, 1.807) is 18.2 Å². The Labute approximate surface area is 150 Å². The van der Waals surface area contributed by atoms with E-state index in [2.05, 4.69) is 22.5 Å². The summed E-state index contributed by atoms with van der Waals surface area (Å²) in [6.07, 6.45) is 1.52. The van der Waals surface area contributed by atoms with Gasteiger partial charge in [0.15, 0.2) is 5.75 Å². The maximum absolute atomic E-state index is 11.8. The molecule has 6 nitrogen and oxygen atoms in total. The molecule has 0 spiro atoms. The molecule has 0 unspecified atom stereocenters. The van der Waals surface area contributed by atoms with Crippen LogP contribution in [0.1, 0.15) is 0 Å². The van der Waals surface area contributed by atoms with Crippen molar-refractivity contribution in [2.75, 3.05) is 18.4 Å². The Morgan fingerprint density at radius 2 is 1.92 bits per heavy atom. The number of carbonyl (C=O) groups excluding carboxylic acids is 2. The highest BCUT2D eigenvalue weighted by Crippen LogP contribution is 2.31. The van der Waals surface area contributed by atoms with Crippen LogP contribution in [-0.2, 0) is 4.79 Å². The van der Waals surface area contributed by atoms with Crippen molar-refractivity contribution in [3.8, 4) is 11.5 Å². The molecule has 0 fully saturated rings. The van der Waals surface area contributed by atoms with Crippen LogP contribution < -0.4 is 20.7 Å². The van der Waals surface area contributed by atoms with Gasteiger partial charge in [0.2, 0.25) is 5.91 Å². The number of halogens is 1. The lowest BCUT2D eigenvalue weighted by Crippen LogP contribution is -2.42. The number of benzene rings is 2. The summed E-state index contributed by atoms with van der Waals surface area (Å²) < 4.78 is 5.79. The second kappa shape index (κ2) is 9.34. The largest absolute Gasteiger partial charge is 0.455 e. The van der Waals surface area contributed by atoms with E-state index in [9.17, 15) is 9.59 Å². The van der Waals surface area contributed by atoms with E-state index in [1.165, 1.54) is 6.08 Å². The summed E-state index contributed by atoms with van der Waals surface area (Å²) in [5.74, 6) is 0.674. The minimum Gasteiger partial charge on any atom is -0.455 e. The van der Waals surface area contributed by atoms with E-state index in [-0.39, 0.29) is 13.1 Å². The van der Waals surface area contributed by atoms with E-state index in [1.807, 2.05) is 30.3 Å². The second-order valence-electron chi connectivity index (χ2n) is 4.96. The number of para-hydroxylation sites is 1. The van der Waals surface area contributed by atoms with Crippen LogP contribution in [-0.4, -0.2) is 25.0 Å². The molecule has 0 bridgehead atoms. The Kier molecular flexibility index (Phi) is 6.86. The third-order valence-electron chi connectivity index (χ3n) is 3.01. The van der Waals surface area contributed by atoms with Crippen LogP contribution in [0.4, 0.5) is 10.5 Å². The summed E-state index contributed by atoms with van der Waals surface area (Å²) in [7, 11) is 0. The van der Waals surface area contributed by atoms with Crippen molar-refractivity contribution in [2.45, 2.75) is 0 Å². The number of ether oxygens (including phenoxy) is 1. The van der Waals surface area contributed by atoms with Crippen molar-refractivity contribution in [2.24, 2.45) is 0 Å². The molecule has 7 heteroatoms. The number of hydrogen-bond donors (Lipinski definition) is 3. The lowest BCUT2D eigenvalue weighted by molar-refractivity contribution is -0.118. The molecule has 2 rings (SSSR count). The Morgan fingerprint density at radius 1 is 1.16 bits per heavy atom. The number of imide groups is 1. The summed E-state index contributed by atoms with van der Waals surface area (Å²) in [5.41, 5.74) is 0.540. The average Bonchev–Trinajstić information content (AvgIpc) is 2.61. The standard InChI is InChI=1S/C18H18ClN3O3/c1-2-10-20-18(24)22-17(23)12-21-15-11-13(19)8-9-16(15)25-14-6-4-3-5-7-14/h2-9,11,21H,1,10,12H2,(H2,20,22,23,24). The molecule has 25 heavy (non-hydrogen) atoms. The number of carbonyl (C=O) groups is 2. The summed E-state index contributed by atoms with van der Waals surface area (Å²) in [4.78, 5) is 23.2. The predicted octanol–water partition coefficient (Wildman–Crippen LogP) is 3.56. The van der Waals surface area contributed by atoms with Gasteiger partial charge in [0, 0.05) is 11.6 Å². The maximum Gasteiger partial charge on any atom is 0.321 e. The molecule has 0 saturated carbocycles. The SMILES string of the molecule is C=CCNC(=O)NC(=O)CNc1cc(Cl)ccc1Oc1ccccc1. The van der Waals surface area contributed by atoms with Crippen LogP contribution in [0.25, 0.3) is 0 Å². The Morgan fingerprint density at radius 3 is 2.64 bits per heavy atom. The van der Waals surface area contributed by atoms with E-state index in [0.29, 0.717) is 22.2 Å². The average molecular weight is 360 g/mol. The first kappa shape index (κ1) is 18.4. The minimum absolute atomic E-state index is 0.118. The molecule has 0 atom stereocenters. The third kappa shape index (κ3) is 6.19. The fourth-order valence-electron chi connectivity index (χ4n) is 1.90. The van der Waals surface area contributed by atoms with Gasteiger partial charge >= 0.3 is 6.03 Å². The molecule has 2 aromatic rings. The van der Waals surface area contributed by atoms with Crippen molar-refractivity contribution >= 4 is 29.2 Å². The number of nitrogens with one attached hydrogen (secondary N) is 3. The molecule has 0 aliphatic carbocycles. The minimum atomic E-state index is -0.585. The van der Waals surface area contributed by atoms with Crippen molar-refractivity contribution in [1.82, 2.24) is 10.6 Å². The third-order valence-corrected chi connectivity index (χ3v) is 3.25. The van der Waals surface area contributed by atoms with Crippen LogP contribution in [0, 0.1) is 0 Å². The zero-order valence-corrected chi connectivity index (χ0v) is 14.2. The van der Waals surface area contributed by atoms with Gasteiger partial charge in [-0.25, -0.2) is 4.79 Å². The monoisotopic (exact) mass is 359 g/mol. The van der Waals surface area contributed by atoms with Crippen molar-refractivity contribution < 1.29 is 14.3 Å². The first-order valence-electron chi connectivity index (χ1n) is 7.53. The van der Waals surface area contributed by atoms with E-state index in [0.717, 1.165) is 0 Å². The highest BCUT2D eigenvalue weighted by atomic mass is 35.5. The highest BCUT2D eigenvalue weighted by molar-refractivity contribution is 6.31. The lowest BCUT2D eigenvalue weighted by atomic mass is 10.2. The molecule has 0 aromatic heterocycles. The van der Waals surface area contributed by atoms with E-state index in [4.69, 9.17) is 16.3 Å². The number of anilines is 1. The van der Waals surface area contributed by atoms with E-state index >= 15 is 0 Å². The topological polar surface area (TPSA) is 79.5 Å². The van der Waals surface area contributed by atoms with Gasteiger partial charge in [-0.05, 0) is 30.3 Å². The van der Waals surface area contributed by atoms with Crippen molar-refractivity contribution in [3.63, 3.8) is 0 Å². The fourth-order valence-corrected chi connectivity index (χ4v) is 2.07. The first-order valence-corrected chi connectivity index (χ1v) is 7.91. The lowest BCUT2D eigenvalue weighted by Gasteiger charge is -2.13. The molecule has 0 heterocycles. The van der Waals surface area contributed by atoms with Crippen LogP contribution in [0.15, 0.2) is 61.2 Å². The van der Waals surface area contributed by atoms with Crippen LogP contribution >= 0.6 is 11.6 Å². The zero-order valence-electron chi connectivity index (χ0n) is 13.4. The predicted molar refractivity (Wildman–Crippen MR) is 98.2 cm³/mol. The molecule has 130 valence electrons. The molecule has 3 amide bonds. The van der Waals surface area contributed by atoms with Crippen LogP contribution in [0.5, 0.6) is 11.5 Å². The Balaban J connectivity index is 1.98. The Hall–Kier alpha value is -2.99. The molecular formula is C18H18ClN3O3. The molecule has 0 radical (unpaired) electrons. The summed E-state index contributed by atoms with van der Waals surface area (Å²) in [5, 5.41) is 8.05. The zero-order chi connectivity index (χ0) is 18.1. The van der Waals surface area contributed by atoms with Gasteiger partial charge in [-0.15, -0.1) is 6.58 Å². The van der Waals surface area contributed by atoms with Gasteiger partial charge in [0.25, 0.3) is 0 Å². The number of urea groups is 1. The highest BCUT2D eigenvalue weighted by Gasteiger charge is 2.10. The Bertz CT molecular complexity index is 750.